The number of hydrogen-bond acceptors (Lipinski definition) is 4. The molecule has 3 aromatic rings. The predicted molar refractivity (Wildman–Crippen MR) is 75.4 cm³/mol. The Morgan fingerprint density at radius 3 is 2.85 bits per heavy atom. The van der Waals surface area contributed by atoms with Gasteiger partial charge in [-0.25, -0.2) is 19.0 Å². The molecule has 0 aliphatic carbocycles. The molecular formula is C14H14FN5. The van der Waals surface area contributed by atoms with E-state index in [2.05, 4.69) is 20.4 Å². The van der Waals surface area contributed by atoms with Crippen LogP contribution in [0.2, 0.25) is 0 Å². The van der Waals surface area contributed by atoms with Gasteiger partial charge in [-0.2, -0.15) is 5.10 Å². The largest absolute Gasteiger partial charge is 0.367 e. The molecule has 0 aliphatic heterocycles. The van der Waals surface area contributed by atoms with Crippen LogP contribution in [0.1, 0.15) is 13.8 Å². The highest BCUT2D eigenvalue weighted by Crippen LogP contribution is 2.22. The van der Waals surface area contributed by atoms with Crippen LogP contribution in [0.5, 0.6) is 0 Å². The maximum atomic E-state index is 13.3. The zero-order chi connectivity index (χ0) is 14.1. The second-order valence-corrected chi connectivity index (χ2v) is 4.79. The van der Waals surface area contributed by atoms with Gasteiger partial charge in [-0.1, -0.05) is 6.07 Å². The van der Waals surface area contributed by atoms with Gasteiger partial charge in [-0.05, 0) is 32.0 Å². The number of nitrogens with one attached hydrogen (secondary N) is 1. The van der Waals surface area contributed by atoms with E-state index in [-0.39, 0.29) is 11.9 Å². The fourth-order valence-electron chi connectivity index (χ4n) is 2.03. The summed E-state index contributed by atoms with van der Waals surface area (Å²) in [6, 6.07) is 6.51. The molecule has 2 aromatic heterocycles. The molecule has 0 aliphatic rings. The number of rotatable bonds is 3. The van der Waals surface area contributed by atoms with Gasteiger partial charge in [0.2, 0.25) is 0 Å². The normalized spacial score (nSPS) is 11.2. The minimum Gasteiger partial charge on any atom is -0.367 e. The minimum atomic E-state index is -0.305. The number of fused-ring (bicyclic) bond motifs is 1. The molecule has 102 valence electrons. The van der Waals surface area contributed by atoms with E-state index in [0.29, 0.717) is 11.3 Å². The summed E-state index contributed by atoms with van der Waals surface area (Å²) < 4.78 is 14.9. The van der Waals surface area contributed by atoms with E-state index < -0.39 is 0 Å². The number of nitrogens with zero attached hydrogens (tertiary/aromatic N) is 4. The fraction of sp³-hybridized carbons (Fsp3) is 0.214. The van der Waals surface area contributed by atoms with E-state index in [1.54, 1.807) is 23.0 Å². The zero-order valence-electron chi connectivity index (χ0n) is 11.2. The van der Waals surface area contributed by atoms with E-state index in [0.717, 1.165) is 11.2 Å². The molecule has 0 saturated carbocycles. The molecule has 0 amide bonds. The first kappa shape index (κ1) is 12.5. The third-order valence-electron chi connectivity index (χ3n) is 2.84. The van der Waals surface area contributed by atoms with Gasteiger partial charge >= 0.3 is 0 Å². The lowest BCUT2D eigenvalue weighted by molar-refractivity contribution is 0.625. The van der Waals surface area contributed by atoms with Gasteiger partial charge in [0.1, 0.15) is 18.0 Å². The number of aromatic nitrogens is 4. The third-order valence-corrected chi connectivity index (χ3v) is 2.84. The first-order chi connectivity index (χ1) is 9.65. The maximum Gasteiger partial charge on any atom is 0.168 e. The summed E-state index contributed by atoms with van der Waals surface area (Å²) in [6.45, 7) is 4.07. The Hall–Kier alpha value is -2.50. The quantitative estimate of drug-likeness (QED) is 0.795. The molecule has 0 unspecified atom stereocenters. The smallest absolute Gasteiger partial charge is 0.168 e. The van der Waals surface area contributed by atoms with Crippen LogP contribution in [0.15, 0.2) is 36.8 Å². The molecule has 5 nitrogen and oxygen atoms in total. The zero-order valence-corrected chi connectivity index (χ0v) is 11.2. The van der Waals surface area contributed by atoms with Crippen LogP contribution in [0.25, 0.3) is 16.7 Å². The average molecular weight is 271 g/mol. The van der Waals surface area contributed by atoms with Crippen molar-refractivity contribution in [2.75, 3.05) is 5.32 Å². The molecule has 0 saturated heterocycles. The lowest BCUT2D eigenvalue weighted by atomic mass is 10.3. The second kappa shape index (κ2) is 4.88. The summed E-state index contributed by atoms with van der Waals surface area (Å²) in [5, 5.41) is 8.34. The Morgan fingerprint density at radius 1 is 1.25 bits per heavy atom. The number of hydrogen-bond donors (Lipinski definition) is 1. The van der Waals surface area contributed by atoms with E-state index in [1.165, 1.54) is 18.5 Å². The molecule has 2 heterocycles. The fourth-order valence-corrected chi connectivity index (χ4v) is 2.03. The first-order valence-corrected chi connectivity index (χ1v) is 6.36. The van der Waals surface area contributed by atoms with Crippen LogP contribution in [0, 0.1) is 5.82 Å². The van der Waals surface area contributed by atoms with E-state index in [1.807, 2.05) is 13.8 Å². The Balaban J connectivity index is 2.15. The lowest BCUT2D eigenvalue weighted by Gasteiger charge is -2.09. The van der Waals surface area contributed by atoms with E-state index in [9.17, 15) is 4.39 Å². The Morgan fingerprint density at radius 2 is 2.10 bits per heavy atom. The monoisotopic (exact) mass is 271 g/mol. The molecule has 6 heteroatoms. The molecule has 20 heavy (non-hydrogen) atoms. The first-order valence-electron chi connectivity index (χ1n) is 6.36. The molecule has 0 atom stereocenters. The van der Waals surface area contributed by atoms with Crippen LogP contribution in [0.3, 0.4) is 0 Å². The van der Waals surface area contributed by atoms with Crippen molar-refractivity contribution in [2.45, 2.75) is 19.9 Å². The van der Waals surface area contributed by atoms with Crippen molar-refractivity contribution in [2.24, 2.45) is 0 Å². The van der Waals surface area contributed by atoms with Gasteiger partial charge < -0.3 is 5.32 Å². The topological polar surface area (TPSA) is 55.6 Å². The van der Waals surface area contributed by atoms with Crippen LogP contribution < -0.4 is 5.32 Å². The van der Waals surface area contributed by atoms with E-state index in [4.69, 9.17) is 0 Å². The molecule has 3 rings (SSSR count). The van der Waals surface area contributed by atoms with Gasteiger partial charge in [0.25, 0.3) is 0 Å². The van der Waals surface area contributed by atoms with E-state index >= 15 is 0 Å². The van der Waals surface area contributed by atoms with Crippen molar-refractivity contribution in [1.29, 1.82) is 0 Å². The van der Waals surface area contributed by atoms with Crippen LogP contribution in [-0.4, -0.2) is 25.8 Å². The average Bonchev–Trinajstić information content (AvgIpc) is 2.83. The molecule has 1 N–H and O–H groups in total. The van der Waals surface area contributed by atoms with Crippen molar-refractivity contribution in [3.8, 4) is 5.69 Å². The van der Waals surface area contributed by atoms with Gasteiger partial charge in [0.05, 0.1) is 17.3 Å². The van der Waals surface area contributed by atoms with Gasteiger partial charge in [-0.15, -0.1) is 0 Å². The highest BCUT2D eigenvalue weighted by Gasteiger charge is 2.11. The minimum absolute atomic E-state index is 0.255. The Labute approximate surface area is 115 Å². The summed E-state index contributed by atoms with van der Waals surface area (Å²) in [4.78, 5) is 8.46. The summed E-state index contributed by atoms with van der Waals surface area (Å²) in [6.07, 6.45) is 3.16. The molecule has 0 spiro atoms. The summed E-state index contributed by atoms with van der Waals surface area (Å²) in [5.74, 6) is 0.424. The highest BCUT2D eigenvalue weighted by atomic mass is 19.1. The Bertz CT molecular complexity index is 750. The van der Waals surface area contributed by atoms with Crippen LogP contribution >= 0.6 is 0 Å². The third kappa shape index (κ3) is 2.20. The SMILES string of the molecule is CC(C)Nc1ncnc2c1cnn2-c1cccc(F)c1. The molecule has 0 fully saturated rings. The van der Waals surface area contributed by atoms with Crippen LogP contribution in [-0.2, 0) is 0 Å². The van der Waals surface area contributed by atoms with Gasteiger partial charge in [-0.3, -0.25) is 0 Å². The van der Waals surface area contributed by atoms with Crippen molar-refractivity contribution in [1.82, 2.24) is 19.7 Å². The molecule has 0 bridgehead atoms. The lowest BCUT2D eigenvalue weighted by Crippen LogP contribution is -2.11. The number of benzene rings is 1. The predicted octanol–water partition coefficient (Wildman–Crippen LogP) is 2.77. The van der Waals surface area contributed by atoms with Crippen LogP contribution in [0.4, 0.5) is 10.2 Å². The Kier molecular flexibility index (Phi) is 3.06. The highest BCUT2D eigenvalue weighted by molar-refractivity contribution is 5.87. The summed E-state index contributed by atoms with van der Waals surface area (Å²) in [7, 11) is 0. The number of anilines is 1. The molecule has 1 aromatic carbocycles. The second-order valence-electron chi connectivity index (χ2n) is 4.79. The van der Waals surface area contributed by atoms with Gasteiger partial charge in [0, 0.05) is 6.04 Å². The summed E-state index contributed by atoms with van der Waals surface area (Å²) in [5.41, 5.74) is 1.28. The molecule has 0 radical (unpaired) electrons. The van der Waals surface area contributed by atoms with Gasteiger partial charge in [0.15, 0.2) is 5.65 Å². The van der Waals surface area contributed by atoms with Crippen molar-refractivity contribution in [3.05, 3.63) is 42.6 Å². The summed E-state index contributed by atoms with van der Waals surface area (Å²) >= 11 is 0. The molecular weight excluding hydrogens is 257 g/mol. The maximum absolute atomic E-state index is 13.3. The van der Waals surface area contributed by atoms with Crippen molar-refractivity contribution < 1.29 is 4.39 Å². The standard InChI is InChI=1S/C14H14FN5/c1-9(2)19-13-12-7-18-20(14(12)17-8-16-13)11-5-3-4-10(15)6-11/h3-9H,1-2H3,(H,16,17,19). The number of halogens is 1. The van der Waals surface area contributed by atoms with Crippen molar-refractivity contribution in [3.63, 3.8) is 0 Å². The van der Waals surface area contributed by atoms with Crippen molar-refractivity contribution >= 4 is 16.9 Å².